The van der Waals surface area contributed by atoms with Crippen molar-refractivity contribution in [3.8, 4) is 11.8 Å². The molecule has 0 aliphatic carbocycles. The molecule has 2 rings (SSSR count). The van der Waals surface area contributed by atoms with Gasteiger partial charge in [0, 0.05) is 28.8 Å². The molecule has 1 unspecified atom stereocenters. The summed E-state index contributed by atoms with van der Waals surface area (Å²) in [5.74, 6) is 6.89. The highest BCUT2D eigenvalue weighted by atomic mass is 32.1. The lowest BCUT2D eigenvalue weighted by molar-refractivity contribution is -0.131. The fraction of sp³-hybridized carbons (Fsp3) is 0.562. The summed E-state index contributed by atoms with van der Waals surface area (Å²) >= 11 is 1.67. The van der Waals surface area contributed by atoms with Crippen molar-refractivity contribution in [1.29, 1.82) is 0 Å². The fourth-order valence-electron chi connectivity index (χ4n) is 2.54. The van der Waals surface area contributed by atoms with Crippen molar-refractivity contribution in [1.82, 2.24) is 4.90 Å². The summed E-state index contributed by atoms with van der Waals surface area (Å²) in [5.41, 5.74) is 6.38. The Hall–Kier alpha value is -1.31. The number of nitrogens with two attached hydrogens (primary N) is 1. The summed E-state index contributed by atoms with van der Waals surface area (Å²) in [6, 6.07) is 2.07. The summed E-state index contributed by atoms with van der Waals surface area (Å²) < 4.78 is 0. The second-order valence-electron chi connectivity index (χ2n) is 5.22. The lowest BCUT2D eigenvalue weighted by atomic mass is 9.98. The molecule has 3 nitrogen and oxygen atoms in total. The van der Waals surface area contributed by atoms with Crippen LogP contribution in [0.4, 0.5) is 0 Å². The highest BCUT2D eigenvalue weighted by Crippen LogP contribution is 2.23. The van der Waals surface area contributed by atoms with Gasteiger partial charge >= 0.3 is 0 Å². The Morgan fingerprint density at radius 2 is 2.35 bits per heavy atom. The molecule has 0 bridgehead atoms. The lowest BCUT2D eigenvalue weighted by Gasteiger charge is -2.19. The van der Waals surface area contributed by atoms with Crippen molar-refractivity contribution in [2.24, 2.45) is 11.7 Å². The summed E-state index contributed by atoms with van der Waals surface area (Å²) in [7, 11) is 0. The zero-order valence-corrected chi connectivity index (χ0v) is 12.8. The second kappa shape index (κ2) is 7.47. The normalized spacial score (nSPS) is 19.4. The molecule has 1 fully saturated rings. The van der Waals surface area contributed by atoms with Crippen molar-refractivity contribution >= 4 is 17.2 Å². The molecule has 1 aromatic rings. The van der Waals surface area contributed by atoms with Gasteiger partial charge in [-0.05, 0) is 24.8 Å². The molecule has 1 aliphatic heterocycles. The molecule has 2 heterocycles. The summed E-state index contributed by atoms with van der Waals surface area (Å²) in [4.78, 5) is 15.3. The molecule has 2 N–H and O–H groups in total. The average Bonchev–Trinajstić information content (AvgIpc) is 2.83. The monoisotopic (exact) mass is 290 g/mol. The van der Waals surface area contributed by atoms with Gasteiger partial charge in [0.1, 0.15) is 0 Å². The first kappa shape index (κ1) is 15.1. The molecule has 108 valence electrons. The molecular formula is C16H22N2OS. The van der Waals surface area contributed by atoms with Gasteiger partial charge in [-0.25, -0.2) is 0 Å². The van der Waals surface area contributed by atoms with E-state index in [-0.39, 0.29) is 0 Å². The number of hydrogen-bond donors (Lipinski definition) is 1. The van der Waals surface area contributed by atoms with Crippen molar-refractivity contribution in [3.05, 3.63) is 21.9 Å². The molecular weight excluding hydrogens is 268 g/mol. The van der Waals surface area contributed by atoms with E-state index in [2.05, 4.69) is 24.8 Å². The van der Waals surface area contributed by atoms with Crippen LogP contribution in [0.3, 0.4) is 0 Å². The van der Waals surface area contributed by atoms with Gasteiger partial charge in [-0.2, -0.15) is 0 Å². The third-order valence-electron chi connectivity index (χ3n) is 3.84. The first-order valence-corrected chi connectivity index (χ1v) is 8.15. The Kier molecular flexibility index (Phi) is 5.63. The van der Waals surface area contributed by atoms with Gasteiger partial charge in [0.15, 0.2) is 0 Å². The maximum atomic E-state index is 12.1. The number of amides is 1. The van der Waals surface area contributed by atoms with Gasteiger partial charge in [0.2, 0.25) is 5.91 Å². The Bertz CT molecular complexity index is 512. The molecule has 1 saturated heterocycles. The summed E-state index contributed by atoms with van der Waals surface area (Å²) in [6.07, 6.45) is 4.06. The second-order valence-corrected chi connectivity index (χ2v) is 6.22. The van der Waals surface area contributed by atoms with E-state index in [1.807, 2.05) is 10.3 Å². The molecule has 0 aromatic carbocycles. The maximum Gasteiger partial charge on any atom is 0.222 e. The van der Waals surface area contributed by atoms with Gasteiger partial charge in [-0.1, -0.05) is 25.2 Å². The highest BCUT2D eigenvalue weighted by molar-refractivity contribution is 7.10. The number of thiophene rings is 1. The van der Waals surface area contributed by atoms with E-state index in [1.54, 1.807) is 11.3 Å². The Labute approximate surface area is 125 Å². The van der Waals surface area contributed by atoms with Crippen LogP contribution in [0, 0.1) is 17.8 Å². The summed E-state index contributed by atoms with van der Waals surface area (Å²) in [6.45, 7) is 4.21. The van der Waals surface area contributed by atoms with Crippen LogP contribution in [-0.2, 0) is 11.3 Å². The highest BCUT2D eigenvalue weighted by Gasteiger charge is 2.21. The molecule has 1 atom stereocenters. The standard InChI is InChI=1S/C16H22N2OS/c1-2-13-5-6-16(19)18(9-7-13)11-15-10-14(12-20-15)4-3-8-17/h10,12-13H,2,5-9,11,17H2,1H3. The van der Waals surface area contributed by atoms with Gasteiger partial charge in [-0.15, -0.1) is 11.3 Å². The minimum Gasteiger partial charge on any atom is -0.338 e. The van der Waals surface area contributed by atoms with Crippen LogP contribution >= 0.6 is 11.3 Å². The molecule has 1 amide bonds. The van der Waals surface area contributed by atoms with Gasteiger partial charge in [-0.3, -0.25) is 4.79 Å². The lowest BCUT2D eigenvalue weighted by Crippen LogP contribution is -2.29. The number of carbonyl (C=O) groups is 1. The van der Waals surface area contributed by atoms with Crippen LogP contribution in [-0.4, -0.2) is 23.9 Å². The topological polar surface area (TPSA) is 46.3 Å². The van der Waals surface area contributed by atoms with Crippen LogP contribution in [0.5, 0.6) is 0 Å². The van der Waals surface area contributed by atoms with Crippen molar-refractivity contribution in [2.75, 3.05) is 13.1 Å². The van der Waals surface area contributed by atoms with Crippen LogP contribution < -0.4 is 5.73 Å². The average molecular weight is 290 g/mol. The van der Waals surface area contributed by atoms with E-state index < -0.39 is 0 Å². The van der Waals surface area contributed by atoms with E-state index in [9.17, 15) is 4.79 Å². The van der Waals surface area contributed by atoms with Gasteiger partial charge in [0.25, 0.3) is 0 Å². The van der Waals surface area contributed by atoms with Gasteiger partial charge in [0.05, 0.1) is 13.1 Å². The number of hydrogen-bond acceptors (Lipinski definition) is 3. The fourth-order valence-corrected chi connectivity index (χ4v) is 3.37. The van der Waals surface area contributed by atoms with E-state index in [0.29, 0.717) is 24.8 Å². The molecule has 20 heavy (non-hydrogen) atoms. The van der Waals surface area contributed by atoms with Crippen molar-refractivity contribution < 1.29 is 4.79 Å². The van der Waals surface area contributed by atoms with Crippen molar-refractivity contribution in [2.45, 2.75) is 39.2 Å². The van der Waals surface area contributed by atoms with Crippen LogP contribution in [0.25, 0.3) is 0 Å². The van der Waals surface area contributed by atoms with Gasteiger partial charge < -0.3 is 10.6 Å². The number of nitrogens with zero attached hydrogens (tertiary/aromatic N) is 1. The predicted octanol–water partition coefficient (Wildman–Crippen LogP) is 2.60. The number of carbonyl (C=O) groups excluding carboxylic acids is 1. The largest absolute Gasteiger partial charge is 0.338 e. The smallest absolute Gasteiger partial charge is 0.222 e. The van der Waals surface area contributed by atoms with E-state index in [0.717, 1.165) is 31.5 Å². The minimum atomic E-state index is 0.295. The Balaban J connectivity index is 1.98. The molecule has 4 heteroatoms. The first-order valence-electron chi connectivity index (χ1n) is 7.27. The first-order chi connectivity index (χ1) is 9.72. The Morgan fingerprint density at radius 1 is 1.50 bits per heavy atom. The third kappa shape index (κ3) is 4.09. The molecule has 0 spiro atoms. The van der Waals surface area contributed by atoms with E-state index >= 15 is 0 Å². The third-order valence-corrected chi connectivity index (χ3v) is 4.76. The molecule has 0 radical (unpaired) electrons. The molecule has 1 aromatic heterocycles. The molecule has 1 aliphatic rings. The SMILES string of the molecule is CCC1CCC(=O)N(Cc2cc(C#CCN)cs2)CC1. The zero-order valence-electron chi connectivity index (χ0n) is 12.0. The van der Waals surface area contributed by atoms with Crippen LogP contribution in [0.2, 0.25) is 0 Å². The predicted molar refractivity (Wildman–Crippen MR) is 83.3 cm³/mol. The Morgan fingerprint density at radius 3 is 3.10 bits per heavy atom. The quantitative estimate of drug-likeness (QED) is 0.870. The van der Waals surface area contributed by atoms with Crippen LogP contribution in [0.1, 0.15) is 43.0 Å². The van der Waals surface area contributed by atoms with E-state index in [1.165, 1.54) is 11.3 Å². The van der Waals surface area contributed by atoms with Crippen LogP contribution in [0.15, 0.2) is 11.4 Å². The maximum absolute atomic E-state index is 12.1. The summed E-state index contributed by atoms with van der Waals surface area (Å²) in [5, 5.41) is 2.04. The minimum absolute atomic E-state index is 0.295. The zero-order chi connectivity index (χ0) is 14.4. The van der Waals surface area contributed by atoms with Crippen molar-refractivity contribution in [3.63, 3.8) is 0 Å². The van der Waals surface area contributed by atoms with E-state index in [4.69, 9.17) is 5.73 Å². The number of rotatable bonds is 3. The molecule has 0 saturated carbocycles. The number of likely N-dealkylation sites (tertiary alicyclic amines) is 1.